The average Bonchev–Trinajstić information content (AvgIpc) is 2.40. The van der Waals surface area contributed by atoms with E-state index in [0.717, 1.165) is 28.4 Å². The minimum atomic E-state index is 0.190. The number of hydrogen-bond donors (Lipinski definition) is 1. The Morgan fingerprint density at radius 1 is 1.10 bits per heavy atom. The van der Waals surface area contributed by atoms with E-state index in [1.165, 1.54) is 0 Å². The fourth-order valence-corrected chi connectivity index (χ4v) is 2.50. The van der Waals surface area contributed by atoms with Crippen molar-refractivity contribution >= 4 is 17.6 Å². The van der Waals surface area contributed by atoms with Gasteiger partial charge in [0.05, 0.1) is 11.4 Å². The smallest absolute Gasteiger partial charge is 0.141 e. The van der Waals surface area contributed by atoms with Crippen molar-refractivity contribution in [2.45, 2.75) is 38.2 Å². The van der Waals surface area contributed by atoms with E-state index in [-0.39, 0.29) is 4.75 Å². The van der Waals surface area contributed by atoms with Crippen LogP contribution in [0, 0.1) is 6.92 Å². The first-order chi connectivity index (χ1) is 9.37. The van der Waals surface area contributed by atoms with Crippen molar-refractivity contribution in [3.8, 4) is 11.3 Å². The fraction of sp³-hybridized carbons (Fsp3) is 0.375. The topological polar surface area (TPSA) is 51.8 Å². The molecule has 0 unspecified atom stereocenters. The lowest BCUT2D eigenvalue weighted by molar-refractivity contribution is 0.800. The minimum Gasteiger partial charge on any atom is -0.383 e. The van der Waals surface area contributed by atoms with Crippen LogP contribution < -0.4 is 5.73 Å². The molecule has 4 heteroatoms. The summed E-state index contributed by atoms with van der Waals surface area (Å²) in [4.78, 5) is 9.10. The van der Waals surface area contributed by atoms with Gasteiger partial charge in [-0.3, -0.25) is 0 Å². The highest BCUT2D eigenvalue weighted by atomic mass is 32.2. The zero-order valence-corrected chi connectivity index (χ0v) is 13.3. The van der Waals surface area contributed by atoms with Gasteiger partial charge in [-0.1, -0.05) is 51.1 Å². The summed E-state index contributed by atoms with van der Waals surface area (Å²) in [6.07, 6.45) is 0. The molecule has 3 nitrogen and oxygen atoms in total. The van der Waals surface area contributed by atoms with Crippen molar-refractivity contribution in [2.24, 2.45) is 0 Å². The van der Waals surface area contributed by atoms with Crippen molar-refractivity contribution in [3.05, 3.63) is 41.7 Å². The Labute approximate surface area is 125 Å². The molecule has 1 aromatic heterocycles. The predicted octanol–water partition coefficient (Wildman–Crippen LogP) is 4.07. The van der Waals surface area contributed by atoms with E-state index in [0.29, 0.717) is 5.82 Å². The van der Waals surface area contributed by atoms with Crippen LogP contribution in [0.3, 0.4) is 0 Å². The molecule has 106 valence electrons. The molecule has 0 saturated heterocycles. The second kappa shape index (κ2) is 5.83. The summed E-state index contributed by atoms with van der Waals surface area (Å²) >= 11 is 1.82. The number of nitrogens with zero attached hydrogens (tertiary/aromatic N) is 2. The molecule has 0 atom stereocenters. The number of anilines is 1. The number of benzene rings is 1. The zero-order chi connectivity index (χ0) is 14.8. The first-order valence-corrected chi connectivity index (χ1v) is 7.68. The van der Waals surface area contributed by atoms with Gasteiger partial charge in [0.15, 0.2) is 0 Å². The van der Waals surface area contributed by atoms with Crippen LogP contribution in [0.15, 0.2) is 30.3 Å². The van der Waals surface area contributed by atoms with Crippen LogP contribution in [-0.2, 0) is 5.75 Å². The summed E-state index contributed by atoms with van der Waals surface area (Å²) < 4.78 is 0.190. The molecule has 2 N–H and O–H groups in total. The Kier molecular flexibility index (Phi) is 4.33. The zero-order valence-electron chi connectivity index (χ0n) is 12.5. The largest absolute Gasteiger partial charge is 0.383 e. The molecule has 0 aliphatic rings. The number of rotatable bonds is 3. The summed E-state index contributed by atoms with van der Waals surface area (Å²) in [5, 5.41) is 0. The van der Waals surface area contributed by atoms with E-state index in [4.69, 9.17) is 10.7 Å². The molecule has 0 saturated carbocycles. The molecule has 0 spiro atoms. The number of nitrogen functional groups attached to an aromatic ring is 1. The van der Waals surface area contributed by atoms with E-state index in [9.17, 15) is 0 Å². The van der Waals surface area contributed by atoms with Crippen molar-refractivity contribution in [2.75, 3.05) is 5.73 Å². The third-order valence-electron chi connectivity index (χ3n) is 2.91. The van der Waals surface area contributed by atoms with E-state index in [1.54, 1.807) is 0 Å². The third-order valence-corrected chi connectivity index (χ3v) is 4.18. The number of hydrogen-bond acceptors (Lipinski definition) is 4. The average molecular weight is 287 g/mol. The van der Waals surface area contributed by atoms with Gasteiger partial charge in [-0.25, -0.2) is 9.97 Å². The van der Waals surface area contributed by atoms with Gasteiger partial charge in [0.2, 0.25) is 0 Å². The van der Waals surface area contributed by atoms with Crippen LogP contribution in [0.1, 0.15) is 32.2 Å². The molecule has 0 aliphatic carbocycles. The molecule has 0 bridgehead atoms. The normalized spacial score (nSPS) is 11.6. The highest BCUT2D eigenvalue weighted by Gasteiger charge is 2.14. The molecule has 1 heterocycles. The fourth-order valence-electron chi connectivity index (χ4n) is 1.80. The monoisotopic (exact) mass is 287 g/mol. The van der Waals surface area contributed by atoms with Gasteiger partial charge in [-0.05, 0) is 6.92 Å². The maximum atomic E-state index is 6.04. The van der Waals surface area contributed by atoms with Crippen molar-refractivity contribution in [3.63, 3.8) is 0 Å². The van der Waals surface area contributed by atoms with Gasteiger partial charge in [0, 0.05) is 15.9 Å². The molecule has 0 fully saturated rings. The van der Waals surface area contributed by atoms with Crippen LogP contribution in [0.5, 0.6) is 0 Å². The molecule has 20 heavy (non-hydrogen) atoms. The summed E-state index contributed by atoms with van der Waals surface area (Å²) in [7, 11) is 0. The highest BCUT2D eigenvalue weighted by molar-refractivity contribution is 7.99. The van der Waals surface area contributed by atoms with Gasteiger partial charge >= 0.3 is 0 Å². The molecule has 0 amide bonds. The Bertz CT molecular complexity index is 589. The van der Waals surface area contributed by atoms with Crippen molar-refractivity contribution in [1.82, 2.24) is 9.97 Å². The van der Waals surface area contributed by atoms with Crippen LogP contribution in [-0.4, -0.2) is 14.7 Å². The lowest BCUT2D eigenvalue weighted by atomic mass is 10.1. The summed E-state index contributed by atoms with van der Waals surface area (Å²) in [5.74, 6) is 2.14. The molecule has 2 rings (SSSR count). The second-order valence-electron chi connectivity index (χ2n) is 5.77. The third kappa shape index (κ3) is 3.73. The van der Waals surface area contributed by atoms with Gasteiger partial charge in [0.25, 0.3) is 0 Å². The number of thioether (sulfide) groups is 1. The standard InChI is InChI=1S/C16H21N3S/c1-11-14(12-8-6-5-7-9-12)18-13(19-15(11)17)10-20-16(2,3)4/h5-9H,10H2,1-4H3,(H2,17,18,19). The lowest BCUT2D eigenvalue weighted by Gasteiger charge is -2.17. The molecular formula is C16H21N3S. The van der Waals surface area contributed by atoms with E-state index >= 15 is 0 Å². The maximum absolute atomic E-state index is 6.04. The van der Waals surface area contributed by atoms with Gasteiger partial charge in [-0.15, -0.1) is 11.8 Å². The molecular weight excluding hydrogens is 266 g/mol. The van der Waals surface area contributed by atoms with Crippen molar-refractivity contribution < 1.29 is 0 Å². The highest BCUT2D eigenvalue weighted by Crippen LogP contribution is 2.29. The number of nitrogens with two attached hydrogens (primary N) is 1. The van der Waals surface area contributed by atoms with Crippen LogP contribution in [0.2, 0.25) is 0 Å². The molecule has 2 aromatic rings. The maximum Gasteiger partial charge on any atom is 0.141 e. The number of aromatic nitrogens is 2. The van der Waals surface area contributed by atoms with Gasteiger partial charge in [-0.2, -0.15) is 0 Å². The first kappa shape index (κ1) is 14.9. The Morgan fingerprint density at radius 2 is 1.75 bits per heavy atom. The Morgan fingerprint density at radius 3 is 2.35 bits per heavy atom. The second-order valence-corrected chi connectivity index (χ2v) is 7.57. The quantitative estimate of drug-likeness (QED) is 0.924. The first-order valence-electron chi connectivity index (χ1n) is 6.69. The van der Waals surface area contributed by atoms with Crippen LogP contribution in [0.25, 0.3) is 11.3 Å². The summed E-state index contributed by atoms with van der Waals surface area (Å²) in [6, 6.07) is 10.1. The van der Waals surface area contributed by atoms with Gasteiger partial charge in [0.1, 0.15) is 11.6 Å². The Balaban J connectivity index is 2.35. The minimum absolute atomic E-state index is 0.190. The molecule has 0 aliphatic heterocycles. The van der Waals surface area contributed by atoms with E-state index in [2.05, 4.69) is 37.9 Å². The van der Waals surface area contributed by atoms with Crippen LogP contribution in [0.4, 0.5) is 5.82 Å². The molecule has 1 aromatic carbocycles. The molecule has 0 radical (unpaired) electrons. The summed E-state index contributed by atoms with van der Waals surface area (Å²) in [5.41, 5.74) is 9.00. The van der Waals surface area contributed by atoms with E-state index in [1.807, 2.05) is 36.9 Å². The van der Waals surface area contributed by atoms with E-state index < -0.39 is 0 Å². The lowest BCUT2D eigenvalue weighted by Crippen LogP contribution is -2.10. The predicted molar refractivity (Wildman–Crippen MR) is 87.7 cm³/mol. The summed E-state index contributed by atoms with van der Waals surface area (Å²) in [6.45, 7) is 8.53. The Hall–Kier alpha value is -1.55. The van der Waals surface area contributed by atoms with Crippen LogP contribution >= 0.6 is 11.8 Å². The van der Waals surface area contributed by atoms with Gasteiger partial charge < -0.3 is 5.73 Å². The van der Waals surface area contributed by atoms with Crippen molar-refractivity contribution in [1.29, 1.82) is 0 Å². The SMILES string of the molecule is Cc1c(N)nc(CSC(C)(C)C)nc1-c1ccccc1.